The SMILES string of the molecule is CCC1(CC)CSC(NC2(C)CCOCC2)=N1. The quantitative estimate of drug-likeness (QED) is 0.843. The summed E-state index contributed by atoms with van der Waals surface area (Å²) in [7, 11) is 0. The molecule has 2 heterocycles. The predicted molar refractivity (Wildman–Crippen MR) is 74.8 cm³/mol. The predicted octanol–water partition coefficient (Wildman–Crippen LogP) is 2.81. The van der Waals surface area contributed by atoms with Crippen LogP contribution in [0, 0.1) is 0 Å². The molecule has 2 rings (SSSR count). The van der Waals surface area contributed by atoms with Crippen LogP contribution in [0.4, 0.5) is 0 Å². The second-order valence-corrected chi connectivity index (χ2v) is 6.40. The van der Waals surface area contributed by atoms with E-state index in [2.05, 4.69) is 26.1 Å². The monoisotopic (exact) mass is 256 g/mol. The molecule has 1 N–H and O–H groups in total. The van der Waals surface area contributed by atoms with Crippen molar-refractivity contribution in [3.8, 4) is 0 Å². The Morgan fingerprint density at radius 1 is 1.29 bits per heavy atom. The number of hydrogen-bond donors (Lipinski definition) is 1. The summed E-state index contributed by atoms with van der Waals surface area (Å²) in [5.74, 6) is 1.13. The molecule has 2 aliphatic rings. The van der Waals surface area contributed by atoms with E-state index in [1.807, 2.05) is 11.8 Å². The molecule has 0 bridgehead atoms. The van der Waals surface area contributed by atoms with Crippen molar-refractivity contribution < 1.29 is 4.74 Å². The Balaban J connectivity index is 2.00. The molecule has 0 amide bonds. The minimum atomic E-state index is 0.182. The fraction of sp³-hybridized carbons (Fsp3) is 0.923. The number of hydrogen-bond acceptors (Lipinski definition) is 4. The second-order valence-electron chi connectivity index (χ2n) is 5.44. The van der Waals surface area contributed by atoms with Crippen LogP contribution in [0.1, 0.15) is 46.5 Å². The first kappa shape index (κ1) is 13.2. The number of rotatable bonds is 3. The third kappa shape index (κ3) is 2.97. The van der Waals surface area contributed by atoms with Crippen LogP contribution in [-0.2, 0) is 4.74 Å². The molecule has 0 aliphatic carbocycles. The molecule has 0 aromatic heterocycles. The molecule has 3 nitrogen and oxygen atoms in total. The minimum absolute atomic E-state index is 0.182. The lowest BCUT2D eigenvalue weighted by molar-refractivity contribution is 0.0527. The van der Waals surface area contributed by atoms with Crippen LogP contribution in [0.5, 0.6) is 0 Å². The van der Waals surface area contributed by atoms with Crippen LogP contribution >= 0.6 is 11.8 Å². The molecule has 0 saturated carbocycles. The van der Waals surface area contributed by atoms with Crippen molar-refractivity contribution in [1.82, 2.24) is 5.32 Å². The summed E-state index contributed by atoms with van der Waals surface area (Å²) >= 11 is 1.89. The van der Waals surface area contributed by atoms with Crippen molar-refractivity contribution >= 4 is 16.9 Å². The molecule has 17 heavy (non-hydrogen) atoms. The molecule has 0 aromatic rings. The van der Waals surface area contributed by atoms with Gasteiger partial charge in [-0.25, -0.2) is 0 Å². The topological polar surface area (TPSA) is 33.6 Å². The van der Waals surface area contributed by atoms with E-state index in [-0.39, 0.29) is 11.1 Å². The smallest absolute Gasteiger partial charge is 0.157 e. The summed E-state index contributed by atoms with van der Waals surface area (Å²) in [5.41, 5.74) is 0.371. The molecule has 0 unspecified atom stereocenters. The normalized spacial score (nSPS) is 26.6. The Morgan fingerprint density at radius 3 is 2.47 bits per heavy atom. The van der Waals surface area contributed by atoms with E-state index in [1.165, 1.54) is 0 Å². The molecule has 1 fully saturated rings. The van der Waals surface area contributed by atoms with Crippen molar-refractivity contribution in [3.05, 3.63) is 0 Å². The van der Waals surface area contributed by atoms with Gasteiger partial charge < -0.3 is 10.1 Å². The molecule has 0 atom stereocenters. The van der Waals surface area contributed by atoms with Crippen LogP contribution in [0.15, 0.2) is 4.99 Å². The van der Waals surface area contributed by atoms with Gasteiger partial charge in [-0.05, 0) is 32.6 Å². The Labute approximate surface area is 109 Å². The lowest BCUT2D eigenvalue weighted by atomic mass is 9.93. The first-order valence-corrected chi connectivity index (χ1v) is 7.68. The van der Waals surface area contributed by atoms with Gasteiger partial charge in [0.1, 0.15) is 0 Å². The van der Waals surface area contributed by atoms with E-state index in [9.17, 15) is 0 Å². The van der Waals surface area contributed by atoms with Gasteiger partial charge in [0.25, 0.3) is 0 Å². The molecule has 2 aliphatic heterocycles. The first-order chi connectivity index (χ1) is 8.11. The van der Waals surface area contributed by atoms with Crippen molar-refractivity contribution in [2.45, 2.75) is 57.5 Å². The molecule has 98 valence electrons. The highest BCUT2D eigenvalue weighted by Gasteiger charge is 2.35. The third-order valence-electron chi connectivity index (χ3n) is 4.14. The summed E-state index contributed by atoms with van der Waals surface area (Å²) in [6, 6.07) is 0. The maximum atomic E-state index is 5.43. The average Bonchev–Trinajstić information content (AvgIpc) is 2.73. The van der Waals surface area contributed by atoms with E-state index in [0.717, 1.165) is 49.8 Å². The van der Waals surface area contributed by atoms with Crippen LogP contribution < -0.4 is 5.32 Å². The minimum Gasteiger partial charge on any atom is -0.381 e. The van der Waals surface area contributed by atoms with Gasteiger partial charge in [-0.1, -0.05) is 25.6 Å². The van der Waals surface area contributed by atoms with Crippen LogP contribution in [0.25, 0.3) is 0 Å². The zero-order chi connectivity index (χ0) is 12.4. The van der Waals surface area contributed by atoms with Gasteiger partial charge in [0.15, 0.2) is 5.17 Å². The number of thioether (sulfide) groups is 1. The van der Waals surface area contributed by atoms with Crippen molar-refractivity contribution in [2.75, 3.05) is 19.0 Å². The van der Waals surface area contributed by atoms with E-state index in [4.69, 9.17) is 9.73 Å². The zero-order valence-electron chi connectivity index (χ0n) is 11.2. The Kier molecular flexibility index (Phi) is 4.03. The largest absolute Gasteiger partial charge is 0.381 e. The molecular formula is C13H24N2OS. The third-order valence-corrected chi connectivity index (χ3v) is 5.29. The Hall–Kier alpha value is -0.220. The maximum Gasteiger partial charge on any atom is 0.157 e. The number of nitrogens with zero attached hydrogens (tertiary/aromatic N) is 1. The Morgan fingerprint density at radius 2 is 1.94 bits per heavy atom. The van der Waals surface area contributed by atoms with Crippen molar-refractivity contribution in [3.63, 3.8) is 0 Å². The van der Waals surface area contributed by atoms with E-state index in [0.29, 0.717) is 0 Å². The molecule has 0 radical (unpaired) electrons. The van der Waals surface area contributed by atoms with Gasteiger partial charge in [-0.15, -0.1) is 0 Å². The zero-order valence-corrected chi connectivity index (χ0v) is 12.0. The van der Waals surface area contributed by atoms with E-state index in [1.54, 1.807) is 0 Å². The van der Waals surface area contributed by atoms with Gasteiger partial charge in [0, 0.05) is 24.5 Å². The van der Waals surface area contributed by atoms with E-state index >= 15 is 0 Å². The molecule has 0 aromatic carbocycles. The van der Waals surface area contributed by atoms with Crippen LogP contribution in [0.3, 0.4) is 0 Å². The van der Waals surface area contributed by atoms with Crippen LogP contribution in [-0.4, -0.2) is 35.2 Å². The van der Waals surface area contributed by atoms with Gasteiger partial charge >= 0.3 is 0 Å². The lowest BCUT2D eigenvalue weighted by Crippen LogP contribution is -2.48. The van der Waals surface area contributed by atoms with Crippen molar-refractivity contribution in [1.29, 1.82) is 0 Å². The summed E-state index contributed by atoms with van der Waals surface area (Å²) in [6.45, 7) is 8.51. The molecular weight excluding hydrogens is 232 g/mol. The summed E-state index contributed by atoms with van der Waals surface area (Å²) in [5, 5.41) is 4.80. The van der Waals surface area contributed by atoms with Crippen molar-refractivity contribution in [2.24, 2.45) is 4.99 Å². The van der Waals surface area contributed by atoms with Gasteiger partial charge in [-0.2, -0.15) is 0 Å². The molecule has 1 saturated heterocycles. The summed E-state index contributed by atoms with van der Waals surface area (Å²) in [4.78, 5) is 4.92. The molecule has 4 heteroatoms. The second kappa shape index (κ2) is 5.19. The van der Waals surface area contributed by atoms with Gasteiger partial charge in [0.2, 0.25) is 0 Å². The highest BCUT2D eigenvalue weighted by molar-refractivity contribution is 8.14. The first-order valence-electron chi connectivity index (χ1n) is 6.70. The fourth-order valence-electron chi connectivity index (χ4n) is 2.36. The van der Waals surface area contributed by atoms with Gasteiger partial charge in [-0.3, -0.25) is 4.99 Å². The lowest BCUT2D eigenvalue weighted by Gasteiger charge is -2.35. The highest BCUT2D eigenvalue weighted by atomic mass is 32.2. The maximum absolute atomic E-state index is 5.43. The van der Waals surface area contributed by atoms with Gasteiger partial charge in [0.05, 0.1) is 5.54 Å². The fourth-order valence-corrected chi connectivity index (χ4v) is 3.82. The Bertz CT molecular complexity index is 294. The number of nitrogens with one attached hydrogen (secondary N) is 1. The average molecular weight is 256 g/mol. The van der Waals surface area contributed by atoms with Crippen LogP contribution in [0.2, 0.25) is 0 Å². The summed E-state index contributed by atoms with van der Waals surface area (Å²) < 4.78 is 5.43. The molecule has 0 spiro atoms. The highest BCUT2D eigenvalue weighted by Crippen LogP contribution is 2.34. The number of aliphatic imine (C=N–C) groups is 1. The number of ether oxygens (including phenoxy) is 1. The summed E-state index contributed by atoms with van der Waals surface area (Å²) in [6.07, 6.45) is 4.44. The van der Waals surface area contributed by atoms with E-state index < -0.39 is 0 Å². The standard InChI is InChI=1S/C13H24N2OS/c1-4-13(5-2)10-17-11(15-13)14-12(3)6-8-16-9-7-12/h4-10H2,1-3H3,(H,14,15). The number of amidine groups is 1.